The molecule has 0 saturated heterocycles. The first-order valence-corrected chi connectivity index (χ1v) is 10.3. The van der Waals surface area contributed by atoms with Crippen molar-refractivity contribution in [3.05, 3.63) is 71.1 Å². The number of anilines is 1. The lowest BCUT2D eigenvalue weighted by molar-refractivity contribution is -0.115. The number of H-pyrrole nitrogens is 1. The predicted octanol–water partition coefficient (Wildman–Crippen LogP) is 3.83. The molecule has 2 aromatic heterocycles. The van der Waals surface area contributed by atoms with E-state index in [9.17, 15) is 18.4 Å². The number of ether oxygens (including phenoxy) is 1. The number of thioether (sulfide) groups is 1. The summed E-state index contributed by atoms with van der Waals surface area (Å²) in [7, 11) is 0. The minimum atomic E-state index is -3.02. The number of nitrogens with one attached hydrogen (secondary N) is 2. The van der Waals surface area contributed by atoms with Gasteiger partial charge in [-0.2, -0.15) is 13.9 Å². The average Bonchev–Trinajstić information content (AvgIpc) is 3.20. The number of aromatic nitrogens is 4. The number of benzene rings is 2. The molecule has 1 atom stereocenters. The maximum absolute atomic E-state index is 12.6. The van der Waals surface area contributed by atoms with Crippen molar-refractivity contribution >= 4 is 34.4 Å². The summed E-state index contributed by atoms with van der Waals surface area (Å²) in [6.07, 6.45) is 1.43. The van der Waals surface area contributed by atoms with Crippen molar-refractivity contribution < 1.29 is 18.3 Å². The molecule has 4 aromatic rings. The number of para-hydroxylation sites is 3. The van der Waals surface area contributed by atoms with Gasteiger partial charge in [0, 0.05) is 0 Å². The van der Waals surface area contributed by atoms with Crippen molar-refractivity contribution in [2.45, 2.75) is 23.9 Å². The van der Waals surface area contributed by atoms with Crippen molar-refractivity contribution in [2.75, 3.05) is 5.32 Å². The number of rotatable bonds is 7. The zero-order valence-electron chi connectivity index (χ0n) is 16.7. The van der Waals surface area contributed by atoms with Crippen LogP contribution < -0.4 is 15.6 Å². The Balaban J connectivity index is 1.56. The highest BCUT2D eigenvalue weighted by molar-refractivity contribution is 8.00. The van der Waals surface area contributed by atoms with Gasteiger partial charge in [-0.25, -0.2) is 9.67 Å². The summed E-state index contributed by atoms with van der Waals surface area (Å²) >= 11 is 1.02. The number of amides is 1. The van der Waals surface area contributed by atoms with Crippen LogP contribution in [0.15, 0.2) is 70.7 Å². The van der Waals surface area contributed by atoms with E-state index in [1.54, 1.807) is 13.0 Å². The van der Waals surface area contributed by atoms with Gasteiger partial charge in [-0.1, -0.05) is 42.1 Å². The number of hydrogen-bond donors (Lipinski definition) is 2. The quantitative estimate of drug-likeness (QED) is 0.323. The third-order valence-corrected chi connectivity index (χ3v) is 5.42. The minimum absolute atomic E-state index is 0.115. The van der Waals surface area contributed by atoms with Crippen molar-refractivity contribution in [3.63, 3.8) is 0 Å². The molecule has 0 unspecified atom stereocenters. The molecule has 0 fully saturated rings. The highest BCUT2D eigenvalue weighted by Gasteiger charge is 2.20. The first-order valence-electron chi connectivity index (χ1n) is 9.47. The van der Waals surface area contributed by atoms with Crippen LogP contribution in [0.1, 0.15) is 6.92 Å². The summed E-state index contributed by atoms with van der Waals surface area (Å²) < 4.78 is 31.1. The lowest BCUT2D eigenvalue weighted by Crippen LogP contribution is -2.24. The molecule has 4 rings (SSSR count). The molecule has 0 aliphatic rings. The van der Waals surface area contributed by atoms with Crippen LogP contribution in [0, 0.1) is 0 Å². The molecule has 164 valence electrons. The molecule has 0 aliphatic carbocycles. The van der Waals surface area contributed by atoms with E-state index in [0.717, 1.165) is 17.4 Å². The van der Waals surface area contributed by atoms with E-state index in [0.29, 0.717) is 11.0 Å². The Morgan fingerprint density at radius 2 is 1.88 bits per heavy atom. The number of carbonyl (C=O) groups is 1. The predicted molar refractivity (Wildman–Crippen MR) is 117 cm³/mol. The first kappa shape index (κ1) is 21.5. The van der Waals surface area contributed by atoms with Crippen LogP contribution in [0.4, 0.5) is 14.5 Å². The van der Waals surface area contributed by atoms with Crippen molar-refractivity contribution in [2.24, 2.45) is 0 Å². The highest BCUT2D eigenvalue weighted by Crippen LogP contribution is 2.27. The molecule has 0 radical (unpaired) electrons. The van der Waals surface area contributed by atoms with Crippen LogP contribution in [-0.4, -0.2) is 37.5 Å². The number of carbonyl (C=O) groups excluding carboxylic acids is 1. The third-order valence-electron chi connectivity index (χ3n) is 4.44. The fraction of sp³-hybridized carbons (Fsp3) is 0.143. The highest BCUT2D eigenvalue weighted by atomic mass is 32.2. The molecular weight excluding hydrogens is 440 g/mol. The van der Waals surface area contributed by atoms with E-state index >= 15 is 0 Å². The topological polar surface area (TPSA) is 102 Å². The van der Waals surface area contributed by atoms with Crippen molar-refractivity contribution in [3.8, 4) is 11.4 Å². The number of fused-ring (bicyclic) bond motifs is 1. The fourth-order valence-corrected chi connectivity index (χ4v) is 3.73. The molecule has 0 spiro atoms. The SMILES string of the molecule is C[C@@H](Sc1nc2c(cnn2-c2ccccc2)c(=O)[nH]1)C(=O)Nc1ccccc1OC(F)F. The maximum Gasteiger partial charge on any atom is 0.387 e. The van der Waals surface area contributed by atoms with Crippen molar-refractivity contribution in [1.82, 2.24) is 19.7 Å². The zero-order valence-corrected chi connectivity index (χ0v) is 17.5. The van der Waals surface area contributed by atoms with Crippen LogP contribution >= 0.6 is 11.8 Å². The second-order valence-electron chi connectivity index (χ2n) is 6.62. The van der Waals surface area contributed by atoms with E-state index < -0.39 is 17.8 Å². The van der Waals surface area contributed by atoms with Crippen LogP contribution in [0.2, 0.25) is 0 Å². The number of halogens is 2. The molecule has 0 saturated carbocycles. The number of alkyl halides is 2. The Hall–Kier alpha value is -3.73. The minimum Gasteiger partial charge on any atom is -0.433 e. The van der Waals surface area contributed by atoms with Crippen molar-refractivity contribution in [1.29, 1.82) is 0 Å². The van der Waals surface area contributed by atoms with Gasteiger partial charge in [-0.3, -0.25) is 9.59 Å². The summed E-state index contributed by atoms with van der Waals surface area (Å²) in [5.74, 6) is -0.618. The Labute approximate surface area is 184 Å². The molecule has 0 aliphatic heterocycles. The van der Waals surface area contributed by atoms with Gasteiger partial charge in [0.25, 0.3) is 5.56 Å². The standard InChI is InChI=1S/C21H17F2N5O3S/c1-12(18(29)25-15-9-5-6-10-16(15)31-20(22)23)32-21-26-17-14(19(30)27-21)11-24-28(17)13-7-3-2-4-8-13/h2-12,20H,1H3,(H,25,29)(H,26,27,30)/t12-/m1/s1. The first-order chi connectivity index (χ1) is 15.4. The van der Waals surface area contributed by atoms with Crippen LogP contribution in [-0.2, 0) is 4.79 Å². The summed E-state index contributed by atoms with van der Waals surface area (Å²) in [5, 5.41) is 6.64. The fourth-order valence-electron chi connectivity index (χ4n) is 2.94. The molecule has 11 heteroatoms. The molecule has 32 heavy (non-hydrogen) atoms. The molecular formula is C21H17F2N5O3S. The van der Waals surface area contributed by atoms with Gasteiger partial charge in [-0.15, -0.1) is 0 Å². The Kier molecular flexibility index (Phi) is 6.17. The molecule has 1 amide bonds. The smallest absolute Gasteiger partial charge is 0.387 e. The van der Waals surface area contributed by atoms with Gasteiger partial charge >= 0.3 is 6.61 Å². The van der Waals surface area contributed by atoms with Gasteiger partial charge < -0.3 is 15.0 Å². The number of hydrogen-bond acceptors (Lipinski definition) is 6. The van der Waals surface area contributed by atoms with Gasteiger partial charge in [-0.05, 0) is 31.2 Å². The third kappa shape index (κ3) is 4.62. The van der Waals surface area contributed by atoms with Gasteiger partial charge in [0.2, 0.25) is 5.91 Å². The van der Waals surface area contributed by atoms with Crippen LogP contribution in [0.5, 0.6) is 5.75 Å². The Morgan fingerprint density at radius 3 is 2.62 bits per heavy atom. The monoisotopic (exact) mass is 457 g/mol. The zero-order chi connectivity index (χ0) is 22.7. The normalized spacial score (nSPS) is 12.1. The molecule has 2 N–H and O–H groups in total. The lowest BCUT2D eigenvalue weighted by Gasteiger charge is -2.14. The Bertz CT molecular complexity index is 1310. The van der Waals surface area contributed by atoms with E-state index in [1.807, 2.05) is 30.3 Å². The maximum atomic E-state index is 12.6. The largest absolute Gasteiger partial charge is 0.433 e. The van der Waals surface area contributed by atoms with E-state index in [2.05, 4.69) is 25.1 Å². The summed E-state index contributed by atoms with van der Waals surface area (Å²) in [5.41, 5.74) is 0.816. The number of aromatic amines is 1. The second kappa shape index (κ2) is 9.18. The molecule has 0 bridgehead atoms. The van der Waals surface area contributed by atoms with E-state index in [1.165, 1.54) is 29.1 Å². The lowest BCUT2D eigenvalue weighted by atomic mass is 10.3. The molecule has 8 nitrogen and oxygen atoms in total. The number of nitrogens with zero attached hydrogens (tertiary/aromatic N) is 3. The van der Waals surface area contributed by atoms with E-state index in [-0.39, 0.29) is 22.2 Å². The second-order valence-corrected chi connectivity index (χ2v) is 7.95. The average molecular weight is 457 g/mol. The van der Waals surface area contributed by atoms with Gasteiger partial charge in [0.05, 0.1) is 22.8 Å². The summed E-state index contributed by atoms with van der Waals surface area (Å²) in [6.45, 7) is -1.41. The van der Waals surface area contributed by atoms with Crippen LogP contribution in [0.25, 0.3) is 16.7 Å². The van der Waals surface area contributed by atoms with Gasteiger partial charge in [0.1, 0.15) is 11.1 Å². The molecule has 2 aromatic carbocycles. The van der Waals surface area contributed by atoms with E-state index in [4.69, 9.17) is 0 Å². The Morgan fingerprint density at radius 1 is 1.16 bits per heavy atom. The summed E-state index contributed by atoms with van der Waals surface area (Å²) in [4.78, 5) is 32.2. The van der Waals surface area contributed by atoms with Crippen LogP contribution in [0.3, 0.4) is 0 Å². The summed E-state index contributed by atoms with van der Waals surface area (Å²) in [6, 6.07) is 15.1. The van der Waals surface area contributed by atoms with Gasteiger partial charge in [0.15, 0.2) is 10.8 Å². The molecule has 2 heterocycles.